The van der Waals surface area contributed by atoms with E-state index in [2.05, 4.69) is 44.8 Å². The van der Waals surface area contributed by atoms with E-state index in [1.54, 1.807) is 0 Å². The normalized spacial score (nSPS) is 21.4. The van der Waals surface area contributed by atoms with Gasteiger partial charge in [0.15, 0.2) is 0 Å². The van der Waals surface area contributed by atoms with Gasteiger partial charge in [-0.1, -0.05) is 45.9 Å². The van der Waals surface area contributed by atoms with E-state index in [1.807, 2.05) is 6.07 Å². The number of pyridine rings is 1. The summed E-state index contributed by atoms with van der Waals surface area (Å²) in [6, 6.07) is 7.13. The van der Waals surface area contributed by atoms with Crippen molar-refractivity contribution in [3.05, 3.63) is 53.1 Å². The molecule has 2 heteroatoms. The van der Waals surface area contributed by atoms with E-state index in [-0.39, 0.29) is 16.4 Å². The molecule has 0 N–H and O–H groups in total. The highest BCUT2D eigenvalue weighted by molar-refractivity contribution is 5.68. The van der Waals surface area contributed by atoms with Crippen molar-refractivity contribution in [2.24, 2.45) is 0 Å². The van der Waals surface area contributed by atoms with Crippen molar-refractivity contribution in [2.75, 3.05) is 0 Å². The Bertz CT molecular complexity index is 822. The Kier molecular flexibility index (Phi) is 2.63. The van der Waals surface area contributed by atoms with E-state index >= 15 is 0 Å². The Morgan fingerprint density at radius 3 is 2.41 bits per heavy atom. The van der Waals surface area contributed by atoms with Crippen LogP contribution in [0.5, 0.6) is 0 Å². The molecule has 3 rings (SSSR count). The van der Waals surface area contributed by atoms with Crippen LogP contribution < -0.4 is 0 Å². The fraction of sp³-hybridized carbons (Fsp3) is 0.450. The summed E-state index contributed by atoms with van der Waals surface area (Å²) in [4.78, 5) is 3.69. The molecular weight excluding hydrogens is 273 g/mol. The molecule has 0 saturated carbocycles. The molecule has 0 amide bonds. The second kappa shape index (κ2) is 4.91. The molecule has 0 unspecified atom stereocenters. The van der Waals surface area contributed by atoms with Crippen LogP contribution in [-0.2, 0) is 10.8 Å². The van der Waals surface area contributed by atoms with Gasteiger partial charge in [0.1, 0.15) is 0 Å². The number of hydrogen-bond acceptors (Lipinski definition) is 1. The predicted octanol–water partition coefficient (Wildman–Crippen LogP) is 5.55. The highest BCUT2D eigenvalue weighted by atomic mass is 19.1. The van der Waals surface area contributed by atoms with Crippen LogP contribution in [0.25, 0.3) is 11.1 Å². The van der Waals surface area contributed by atoms with Crippen LogP contribution in [0, 0.1) is 12.8 Å². The van der Waals surface area contributed by atoms with Crippen molar-refractivity contribution >= 4 is 0 Å². The van der Waals surface area contributed by atoms with Gasteiger partial charge in [0, 0.05) is 15.9 Å². The van der Waals surface area contributed by atoms with Gasteiger partial charge in [-0.15, -0.1) is 0 Å². The molecule has 1 aliphatic carbocycles. The van der Waals surface area contributed by atoms with E-state index < -0.39 is 12.8 Å². The van der Waals surface area contributed by atoms with Gasteiger partial charge in [0.05, 0.1) is 0 Å². The van der Waals surface area contributed by atoms with Gasteiger partial charge in [-0.3, -0.25) is 0 Å². The standard InChI is InChI=1S/C20H24FN/c1-13-10-18(21)22-12-15(13)14-6-7-16-17(11-14)20(4,5)9-8-19(16,2)3/h6-7,10-12H,8-9H2,1-5H3/i1D3. The van der Waals surface area contributed by atoms with E-state index in [0.29, 0.717) is 5.56 Å². The van der Waals surface area contributed by atoms with E-state index in [0.717, 1.165) is 24.5 Å². The molecule has 0 saturated heterocycles. The minimum absolute atomic E-state index is 0.00725. The van der Waals surface area contributed by atoms with Gasteiger partial charge >= 0.3 is 0 Å². The molecule has 1 aromatic heterocycles. The zero-order valence-electron chi connectivity index (χ0n) is 16.6. The molecule has 22 heavy (non-hydrogen) atoms. The van der Waals surface area contributed by atoms with Crippen LogP contribution in [0.2, 0.25) is 0 Å². The minimum Gasteiger partial charge on any atom is -0.228 e. The average molecular weight is 300 g/mol. The zero-order chi connectivity index (χ0) is 18.6. The average Bonchev–Trinajstić information content (AvgIpc) is 2.51. The summed E-state index contributed by atoms with van der Waals surface area (Å²) < 4.78 is 36.7. The highest BCUT2D eigenvalue weighted by Gasteiger charge is 2.36. The molecule has 1 aromatic carbocycles. The van der Waals surface area contributed by atoms with Crippen LogP contribution in [0.15, 0.2) is 30.5 Å². The monoisotopic (exact) mass is 300 g/mol. The maximum Gasteiger partial charge on any atom is 0.213 e. The maximum atomic E-state index is 13.5. The third-order valence-corrected chi connectivity index (χ3v) is 5.03. The highest BCUT2D eigenvalue weighted by Crippen LogP contribution is 2.46. The molecule has 2 aromatic rings. The first-order chi connectivity index (χ1) is 11.4. The van der Waals surface area contributed by atoms with Gasteiger partial charge in [0.25, 0.3) is 0 Å². The van der Waals surface area contributed by atoms with E-state index in [1.165, 1.54) is 17.3 Å². The Morgan fingerprint density at radius 1 is 1.05 bits per heavy atom. The van der Waals surface area contributed by atoms with Gasteiger partial charge in [-0.25, -0.2) is 4.98 Å². The lowest BCUT2D eigenvalue weighted by Gasteiger charge is -2.42. The Hall–Kier alpha value is -1.70. The molecule has 1 heterocycles. The third-order valence-electron chi connectivity index (χ3n) is 5.03. The molecular formula is C20H24FN. The number of rotatable bonds is 1. The number of benzene rings is 1. The summed E-state index contributed by atoms with van der Waals surface area (Å²) in [6.07, 6.45) is 3.52. The van der Waals surface area contributed by atoms with Gasteiger partial charge in [-0.2, -0.15) is 4.39 Å². The number of halogens is 1. The first-order valence-electron chi connectivity index (χ1n) is 9.23. The van der Waals surface area contributed by atoms with Gasteiger partial charge < -0.3 is 0 Å². The molecule has 1 aliphatic rings. The fourth-order valence-electron chi connectivity index (χ4n) is 3.42. The molecule has 0 spiro atoms. The number of aromatic nitrogens is 1. The summed E-state index contributed by atoms with van der Waals surface area (Å²) in [5.41, 5.74) is 3.92. The summed E-state index contributed by atoms with van der Waals surface area (Å²) in [5, 5.41) is 0. The number of nitrogens with zero attached hydrogens (tertiary/aromatic N) is 1. The smallest absolute Gasteiger partial charge is 0.213 e. The second-order valence-corrected chi connectivity index (χ2v) is 7.58. The van der Waals surface area contributed by atoms with Crippen molar-refractivity contribution in [2.45, 2.75) is 58.2 Å². The van der Waals surface area contributed by atoms with Crippen LogP contribution in [-0.4, -0.2) is 4.98 Å². The van der Waals surface area contributed by atoms with Gasteiger partial charge in [-0.05, 0) is 58.8 Å². The van der Waals surface area contributed by atoms with Crippen molar-refractivity contribution in [3.63, 3.8) is 0 Å². The summed E-state index contributed by atoms with van der Waals surface area (Å²) >= 11 is 0. The van der Waals surface area contributed by atoms with Crippen molar-refractivity contribution in [3.8, 4) is 11.1 Å². The zero-order valence-corrected chi connectivity index (χ0v) is 13.6. The van der Waals surface area contributed by atoms with Crippen LogP contribution in [0.4, 0.5) is 4.39 Å². The molecule has 0 fully saturated rings. The number of hydrogen-bond donors (Lipinski definition) is 0. The molecule has 116 valence electrons. The lowest BCUT2D eigenvalue weighted by molar-refractivity contribution is 0.332. The molecule has 0 radical (unpaired) electrons. The van der Waals surface area contributed by atoms with Crippen molar-refractivity contribution in [1.29, 1.82) is 0 Å². The summed E-state index contributed by atoms with van der Waals surface area (Å²) in [6.45, 7) is 6.54. The Labute approximate surface area is 136 Å². The number of aryl methyl sites for hydroxylation is 1. The van der Waals surface area contributed by atoms with E-state index in [9.17, 15) is 4.39 Å². The van der Waals surface area contributed by atoms with Crippen molar-refractivity contribution < 1.29 is 8.50 Å². The maximum absolute atomic E-state index is 13.5. The first kappa shape index (κ1) is 11.8. The molecule has 0 bridgehead atoms. The molecule has 1 nitrogen and oxygen atoms in total. The second-order valence-electron chi connectivity index (χ2n) is 7.58. The lowest BCUT2D eigenvalue weighted by Crippen LogP contribution is -2.33. The van der Waals surface area contributed by atoms with Crippen LogP contribution >= 0.6 is 0 Å². The topological polar surface area (TPSA) is 12.9 Å². The molecule has 0 aliphatic heterocycles. The van der Waals surface area contributed by atoms with Crippen molar-refractivity contribution in [1.82, 2.24) is 4.98 Å². The van der Waals surface area contributed by atoms with Gasteiger partial charge in [0.2, 0.25) is 5.95 Å². The van der Waals surface area contributed by atoms with E-state index in [4.69, 9.17) is 4.11 Å². The number of fused-ring (bicyclic) bond motifs is 1. The fourth-order valence-corrected chi connectivity index (χ4v) is 3.42. The largest absolute Gasteiger partial charge is 0.228 e. The molecule has 0 atom stereocenters. The quantitative estimate of drug-likeness (QED) is 0.630. The third kappa shape index (κ3) is 2.45. The first-order valence-corrected chi connectivity index (χ1v) is 7.73. The Balaban J connectivity index is 2.22. The SMILES string of the molecule is [2H]C([2H])([2H])c1cc(F)ncc1-c1ccc2c(c1)C(C)(C)CCC2(C)C. The lowest BCUT2D eigenvalue weighted by atomic mass is 9.63. The van der Waals surface area contributed by atoms with Crippen LogP contribution in [0.3, 0.4) is 0 Å². The minimum atomic E-state index is -2.39. The summed E-state index contributed by atoms with van der Waals surface area (Å²) in [7, 11) is 0. The summed E-state index contributed by atoms with van der Waals surface area (Å²) in [5.74, 6) is -0.769. The Morgan fingerprint density at radius 2 is 1.73 bits per heavy atom. The predicted molar refractivity (Wildman–Crippen MR) is 89.7 cm³/mol. The van der Waals surface area contributed by atoms with Crippen LogP contribution in [0.1, 0.15) is 61.3 Å².